The van der Waals surface area contributed by atoms with Crippen molar-refractivity contribution < 1.29 is 8.78 Å². The minimum atomic E-state index is -0.508. The summed E-state index contributed by atoms with van der Waals surface area (Å²) in [7, 11) is 0. The molecule has 0 spiro atoms. The first-order valence-electron chi connectivity index (χ1n) is 6.31. The maximum Gasteiger partial charge on any atom is 0.133 e. The predicted octanol–water partition coefficient (Wildman–Crippen LogP) is 3.85. The fourth-order valence-corrected chi connectivity index (χ4v) is 2.71. The van der Waals surface area contributed by atoms with E-state index >= 15 is 0 Å². The molecule has 2 rings (SSSR count). The highest BCUT2D eigenvalue weighted by molar-refractivity contribution is 5.29. The molecule has 1 aromatic carbocycles. The lowest BCUT2D eigenvalue weighted by Gasteiger charge is -2.28. The van der Waals surface area contributed by atoms with Gasteiger partial charge in [0.05, 0.1) is 0 Å². The van der Waals surface area contributed by atoms with Crippen LogP contribution in [0.25, 0.3) is 0 Å². The Kier molecular flexibility index (Phi) is 3.77. The fraction of sp³-hybridized carbons (Fsp3) is 0.571. The highest BCUT2D eigenvalue weighted by atomic mass is 19.1. The van der Waals surface area contributed by atoms with Crippen molar-refractivity contribution in [2.75, 3.05) is 0 Å². The monoisotopic (exact) mass is 239 g/mol. The molecule has 0 bridgehead atoms. The van der Waals surface area contributed by atoms with Crippen LogP contribution in [0.5, 0.6) is 0 Å². The zero-order chi connectivity index (χ0) is 12.4. The largest absolute Gasteiger partial charge is 0.324 e. The van der Waals surface area contributed by atoms with Gasteiger partial charge in [-0.05, 0) is 37.3 Å². The molecule has 2 N–H and O–H groups in total. The second-order valence-electron chi connectivity index (χ2n) is 5.02. The summed E-state index contributed by atoms with van der Waals surface area (Å²) in [5.74, 6) is -0.760. The second kappa shape index (κ2) is 5.13. The van der Waals surface area contributed by atoms with Gasteiger partial charge in [0.25, 0.3) is 0 Å². The second-order valence-corrected chi connectivity index (χ2v) is 5.02. The molecular formula is C14H19F2N. The third-order valence-corrected chi connectivity index (χ3v) is 3.81. The number of aryl methyl sites for hydroxylation is 1. The van der Waals surface area contributed by atoms with E-state index in [1.807, 2.05) is 0 Å². The molecule has 0 aromatic heterocycles. The third kappa shape index (κ3) is 2.49. The van der Waals surface area contributed by atoms with Gasteiger partial charge in [-0.25, -0.2) is 8.78 Å². The number of hydrogen-bond acceptors (Lipinski definition) is 1. The normalized spacial score (nSPS) is 19.3. The molecule has 0 aliphatic heterocycles. The molecule has 1 nitrogen and oxygen atoms in total. The van der Waals surface area contributed by atoms with Crippen LogP contribution in [-0.2, 0) is 0 Å². The standard InChI is InChI=1S/C14H19F2N/c1-9-7-8-11(15)12(13(9)16)14(17)10-5-3-2-4-6-10/h7-8,10,14H,2-6,17H2,1H3/t14-/m0/s1. The van der Waals surface area contributed by atoms with Crippen molar-refractivity contribution in [3.05, 3.63) is 34.9 Å². The Balaban J connectivity index is 2.29. The molecule has 94 valence electrons. The summed E-state index contributed by atoms with van der Waals surface area (Å²) < 4.78 is 27.7. The minimum Gasteiger partial charge on any atom is -0.324 e. The van der Waals surface area contributed by atoms with Crippen molar-refractivity contribution in [3.63, 3.8) is 0 Å². The van der Waals surface area contributed by atoms with Crippen LogP contribution in [-0.4, -0.2) is 0 Å². The molecule has 0 heterocycles. The van der Waals surface area contributed by atoms with Crippen molar-refractivity contribution in [1.29, 1.82) is 0 Å². The summed E-state index contributed by atoms with van der Waals surface area (Å²) >= 11 is 0. The molecule has 1 aliphatic rings. The molecule has 0 amide bonds. The maximum absolute atomic E-state index is 13.9. The quantitative estimate of drug-likeness (QED) is 0.833. The van der Waals surface area contributed by atoms with Crippen LogP contribution >= 0.6 is 0 Å². The fourth-order valence-electron chi connectivity index (χ4n) is 2.71. The SMILES string of the molecule is Cc1ccc(F)c([C@@H](N)C2CCCCC2)c1F. The smallest absolute Gasteiger partial charge is 0.133 e. The molecule has 0 unspecified atom stereocenters. The first-order chi connectivity index (χ1) is 8.11. The van der Waals surface area contributed by atoms with Gasteiger partial charge >= 0.3 is 0 Å². The topological polar surface area (TPSA) is 26.0 Å². The van der Waals surface area contributed by atoms with Crippen molar-refractivity contribution >= 4 is 0 Å². The molecule has 0 radical (unpaired) electrons. The van der Waals surface area contributed by atoms with Gasteiger partial charge in [0, 0.05) is 11.6 Å². The summed E-state index contributed by atoms with van der Waals surface area (Å²) in [5, 5.41) is 0. The van der Waals surface area contributed by atoms with E-state index in [9.17, 15) is 8.78 Å². The Morgan fingerprint density at radius 1 is 1.18 bits per heavy atom. The minimum absolute atomic E-state index is 0.0805. The van der Waals surface area contributed by atoms with Crippen LogP contribution in [0, 0.1) is 24.5 Å². The average Bonchev–Trinajstić information content (AvgIpc) is 2.35. The molecule has 1 atom stereocenters. The van der Waals surface area contributed by atoms with Crippen molar-refractivity contribution in [1.82, 2.24) is 0 Å². The van der Waals surface area contributed by atoms with E-state index in [1.54, 1.807) is 6.92 Å². The van der Waals surface area contributed by atoms with E-state index in [0.717, 1.165) is 25.7 Å². The van der Waals surface area contributed by atoms with Gasteiger partial charge in [-0.15, -0.1) is 0 Å². The Labute approximate surface area is 101 Å². The van der Waals surface area contributed by atoms with E-state index in [1.165, 1.54) is 18.6 Å². The van der Waals surface area contributed by atoms with Gasteiger partial charge in [0.15, 0.2) is 0 Å². The zero-order valence-electron chi connectivity index (χ0n) is 10.2. The van der Waals surface area contributed by atoms with Gasteiger partial charge in [-0.2, -0.15) is 0 Å². The van der Waals surface area contributed by atoms with E-state index in [-0.39, 0.29) is 11.5 Å². The summed E-state index contributed by atoms with van der Waals surface area (Å²) in [6.07, 6.45) is 5.41. The summed E-state index contributed by atoms with van der Waals surface area (Å²) in [6, 6.07) is 2.27. The number of benzene rings is 1. The highest BCUT2D eigenvalue weighted by Gasteiger charge is 2.27. The molecular weight excluding hydrogens is 220 g/mol. The molecule has 1 aliphatic carbocycles. The Morgan fingerprint density at radius 3 is 2.47 bits per heavy atom. The van der Waals surface area contributed by atoms with E-state index < -0.39 is 17.7 Å². The van der Waals surface area contributed by atoms with Crippen LogP contribution < -0.4 is 5.73 Å². The Morgan fingerprint density at radius 2 is 1.82 bits per heavy atom. The van der Waals surface area contributed by atoms with Crippen LogP contribution in [0.3, 0.4) is 0 Å². The van der Waals surface area contributed by atoms with Crippen molar-refractivity contribution in [3.8, 4) is 0 Å². The van der Waals surface area contributed by atoms with E-state index in [0.29, 0.717) is 5.56 Å². The van der Waals surface area contributed by atoms with Gasteiger partial charge in [-0.3, -0.25) is 0 Å². The first kappa shape index (κ1) is 12.5. The molecule has 1 fully saturated rings. The average molecular weight is 239 g/mol. The number of nitrogens with two attached hydrogens (primary N) is 1. The highest BCUT2D eigenvalue weighted by Crippen LogP contribution is 2.35. The molecule has 1 saturated carbocycles. The van der Waals surface area contributed by atoms with Crippen molar-refractivity contribution in [2.45, 2.75) is 45.1 Å². The van der Waals surface area contributed by atoms with Gasteiger partial charge in [0.1, 0.15) is 11.6 Å². The molecule has 1 aromatic rings. The van der Waals surface area contributed by atoms with E-state index in [4.69, 9.17) is 5.73 Å². The summed E-state index contributed by atoms with van der Waals surface area (Å²) in [6.45, 7) is 1.64. The zero-order valence-corrected chi connectivity index (χ0v) is 10.2. The maximum atomic E-state index is 13.9. The summed E-state index contributed by atoms with van der Waals surface area (Å²) in [5.41, 5.74) is 6.61. The number of hydrogen-bond donors (Lipinski definition) is 1. The van der Waals surface area contributed by atoms with Crippen LogP contribution in [0.15, 0.2) is 12.1 Å². The van der Waals surface area contributed by atoms with Crippen LogP contribution in [0.4, 0.5) is 8.78 Å². The Bertz CT molecular complexity index is 397. The number of rotatable bonds is 2. The predicted molar refractivity (Wildman–Crippen MR) is 64.6 cm³/mol. The summed E-state index contributed by atoms with van der Waals surface area (Å²) in [4.78, 5) is 0. The molecule has 3 heteroatoms. The van der Waals surface area contributed by atoms with Crippen LogP contribution in [0.1, 0.15) is 49.3 Å². The lowest BCUT2D eigenvalue weighted by molar-refractivity contribution is 0.298. The lowest BCUT2D eigenvalue weighted by Crippen LogP contribution is -2.25. The van der Waals surface area contributed by atoms with Gasteiger partial charge in [0.2, 0.25) is 0 Å². The lowest BCUT2D eigenvalue weighted by atomic mass is 9.81. The molecule has 17 heavy (non-hydrogen) atoms. The van der Waals surface area contributed by atoms with Gasteiger partial charge in [-0.1, -0.05) is 25.3 Å². The van der Waals surface area contributed by atoms with Crippen LogP contribution in [0.2, 0.25) is 0 Å². The third-order valence-electron chi connectivity index (χ3n) is 3.81. The number of halogens is 2. The molecule has 0 saturated heterocycles. The first-order valence-corrected chi connectivity index (χ1v) is 6.31. The van der Waals surface area contributed by atoms with Crippen molar-refractivity contribution in [2.24, 2.45) is 11.7 Å². The van der Waals surface area contributed by atoms with Gasteiger partial charge < -0.3 is 5.73 Å². The van der Waals surface area contributed by atoms with E-state index in [2.05, 4.69) is 0 Å². The Hall–Kier alpha value is -0.960.